The fourth-order valence-corrected chi connectivity index (χ4v) is 2.83. The number of carbonyl (C=O) groups is 1. The van der Waals surface area contributed by atoms with Crippen LogP contribution in [0.15, 0.2) is 0 Å². The van der Waals surface area contributed by atoms with Gasteiger partial charge in [0, 0.05) is 25.4 Å². The molecule has 0 bridgehead atoms. The van der Waals surface area contributed by atoms with Crippen molar-refractivity contribution in [1.82, 2.24) is 5.32 Å². The normalized spacial score (nSPS) is 9.77. The molecule has 0 aliphatic heterocycles. The molecular weight excluding hydrogens is 320 g/mol. The van der Waals surface area contributed by atoms with Gasteiger partial charge in [-0.05, 0) is 18.3 Å². The molecule has 0 aliphatic carbocycles. The van der Waals surface area contributed by atoms with Gasteiger partial charge in [-0.1, -0.05) is 96.3 Å². The van der Waals surface area contributed by atoms with Crippen molar-refractivity contribution >= 4 is 5.91 Å². The number of rotatable bonds is 16. The van der Waals surface area contributed by atoms with E-state index in [2.05, 4.69) is 35.9 Å². The topological polar surface area (TPSA) is 55.1 Å². The zero-order chi connectivity index (χ0) is 19.1. The summed E-state index contributed by atoms with van der Waals surface area (Å²) in [6.07, 6.45) is 20.0. The minimum atomic E-state index is -0.304. The second-order valence-electron chi connectivity index (χ2n) is 6.94. The van der Waals surface area contributed by atoms with Crippen LogP contribution in [0.4, 0.5) is 0 Å². The Kier molecular flexibility index (Phi) is 20.4. The third kappa shape index (κ3) is 20.6. The Balaban J connectivity index is 3.26. The van der Waals surface area contributed by atoms with Gasteiger partial charge in [0.15, 0.2) is 0 Å². The number of nitrogens with two attached hydrogens (primary N) is 1. The van der Waals surface area contributed by atoms with Gasteiger partial charge in [0.1, 0.15) is 0 Å². The summed E-state index contributed by atoms with van der Waals surface area (Å²) < 4.78 is 0. The van der Waals surface area contributed by atoms with Gasteiger partial charge in [0.25, 0.3) is 5.91 Å². The third-order valence-electron chi connectivity index (χ3n) is 4.41. The summed E-state index contributed by atoms with van der Waals surface area (Å²) in [5.74, 6) is 10.5. The summed E-state index contributed by atoms with van der Waals surface area (Å²) in [5, 5.41) is 2.58. The monoisotopic (exact) mass is 360 g/mol. The summed E-state index contributed by atoms with van der Waals surface area (Å²) in [4.78, 5) is 11.2. The molecule has 0 aromatic heterocycles. The Bertz CT molecular complexity index is 437. The fraction of sp³-hybridized carbons (Fsp3) is 0.783. The smallest absolute Gasteiger partial charge is 0.296 e. The minimum Gasteiger partial charge on any atom is -0.344 e. The number of hydrogen-bond donors (Lipinski definition) is 2. The molecule has 3 N–H and O–H groups in total. The van der Waals surface area contributed by atoms with E-state index in [1.54, 1.807) is 0 Å². The predicted molar refractivity (Wildman–Crippen MR) is 113 cm³/mol. The van der Waals surface area contributed by atoms with Gasteiger partial charge in [0.05, 0.1) is 0 Å². The molecule has 3 heteroatoms. The second-order valence-corrected chi connectivity index (χ2v) is 6.94. The van der Waals surface area contributed by atoms with Crippen LogP contribution >= 0.6 is 0 Å². The Hall–Kier alpha value is -1.45. The van der Waals surface area contributed by atoms with Gasteiger partial charge in [-0.2, -0.15) is 0 Å². The van der Waals surface area contributed by atoms with Crippen molar-refractivity contribution in [2.75, 3.05) is 13.1 Å². The summed E-state index contributed by atoms with van der Waals surface area (Å²) in [7, 11) is 0. The maximum atomic E-state index is 11.2. The lowest BCUT2D eigenvalue weighted by molar-refractivity contribution is -0.115. The SMILES string of the molecule is CCCCCCCCCCCCCCCCC#CC#CC(=O)NCCN. The summed E-state index contributed by atoms with van der Waals surface area (Å²) in [6, 6.07) is 0. The molecule has 0 spiro atoms. The third-order valence-corrected chi connectivity index (χ3v) is 4.41. The van der Waals surface area contributed by atoms with E-state index in [1.165, 1.54) is 83.5 Å². The molecule has 0 fully saturated rings. The van der Waals surface area contributed by atoms with Gasteiger partial charge >= 0.3 is 0 Å². The lowest BCUT2D eigenvalue weighted by Gasteiger charge is -2.02. The van der Waals surface area contributed by atoms with Crippen molar-refractivity contribution in [2.45, 2.75) is 103 Å². The first-order chi connectivity index (χ1) is 12.8. The van der Waals surface area contributed by atoms with E-state index >= 15 is 0 Å². The molecule has 0 radical (unpaired) electrons. The quantitative estimate of drug-likeness (QED) is 0.302. The molecule has 26 heavy (non-hydrogen) atoms. The molecule has 3 nitrogen and oxygen atoms in total. The molecule has 148 valence electrons. The second kappa shape index (κ2) is 21.6. The molecule has 0 aromatic rings. The fourth-order valence-electron chi connectivity index (χ4n) is 2.83. The van der Waals surface area contributed by atoms with Crippen molar-refractivity contribution in [3.63, 3.8) is 0 Å². The molecule has 0 rings (SSSR count). The maximum absolute atomic E-state index is 11.2. The maximum Gasteiger partial charge on any atom is 0.296 e. The van der Waals surface area contributed by atoms with Crippen LogP contribution in [0.1, 0.15) is 103 Å². The van der Waals surface area contributed by atoms with Gasteiger partial charge in [-0.15, -0.1) is 0 Å². The summed E-state index contributed by atoms with van der Waals surface area (Å²) >= 11 is 0. The highest BCUT2D eigenvalue weighted by Gasteiger charge is 1.94. The molecular formula is C23H40N2O. The van der Waals surface area contributed by atoms with E-state index in [0.717, 1.165) is 12.8 Å². The first-order valence-electron chi connectivity index (χ1n) is 10.8. The van der Waals surface area contributed by atoms with Gasteiger partial charge in [-0.25, -0.2) is 0 Å². The Morgan fingerprint density at radius 2 is 1.27 bits per heavy atom. The Morgan fingerprint density at radius 3 is 1.77 bits per heavy atom. The van der Waals surface area contributed by atoms with Crippen LogP contribution in [-0.2, 0) is 4.79 Å². The number of carbonyl (C=O) groups excluding carboxylic acids is 1. The zero-order valence-corrected chi connectivity index (χ0v) is 17.0. The molecule has 0 atom stereocenters. The number of amides is 1. The first kappa shape index (κ1) is 24.6. The van der Waals surface area contributed by atoms with E-state index in [0.29, 0.717) is 13.1 Å². The number of unbranched alkanes of at least 4 members (excludes halogenated alkanes) is 14. The van der Waals surface area contributed by atoms with Crippen LogP contribution in [0.25, 0.3) is 0 Å². The largest absolute Gasteiger partial charge is 0.344 e. The lowest BCUT2D eigenvalue weighted by Crippen LogP contribution is -2.27. The van der Waals surface area contributed by atoms with Gasteiger partial charge < -0.3 is 11.1 Å². The van der Waals surface area contributed by atoms with E-state index in [-0.39, 0.29) is 5.91 Å². The van der Waals surface area contributed by atoms with Crippen LogP contribution in [0.3, 0.4) is 0 Å². The average molecular weight is 361 g/mol. The Labute approximate surface area is 162 Å². The van der Waals surface area contributed by atoms with E-state index in [9.17, 15) is 4.79 Å². The first-order valence-corrected chi connectivity index (χ1v) is 10.8. The summed E-state index contributed by atoms with van der Waals surface area (Å²) in [5.41, 5.74) is 5.28. The highest BCUT2D eigenvalue weighted by atomic mass is 16.1. The van der Waals surface area contributed by atoms with Gasteiger partial charge in [0.2, 0.25) is 0 Å². The highest BCUT2D eigenvalue weighted by molar-refractivity contribution is 5.93. The molecule has 1 amide bonds. The molecule has 0 saturated carbocycles. The zero-order valence-electron chi connectivity index (χ0n) is 17.0. The van der Waals surface area contributed by atoms with Crippen molar-refractivity contribution < 1.29 is 4.79 Å². The standard InChI is InChI=1S/C23H40N2O/c1-2-3-4-5-6-7-8-9-10-11-12-13-14-15-16-17-18-19-20-23(26)25-22-21-24/h2-16,21-22,24H2,1H3,(H,25,26). The average Bonchev–Trinajstić information content (AvgIpc) is 2.65. The molecule has 0 aromatic carbocycles. The number of nitrogens with one attached hydrogen (secondary N) is 1. The van der Waals surface area contributed by atoms with Gasteiger partial charge in [-0.3, -0.25) is 4.79 Å². The van der Waals surface area contributed by atoms with Crippen LogP contribution in [0.2, 0.25) is 0 Å². The predicted octanol–water partition coefficient (Wildman–Crippen LogP) is 4.94. The van der Waals surface area contributed by atoms with Crippen molar-refractivity contribution in [3.05, 3.63) is 0 Å². The molecule has 0 heterocycles. The lowest BCUT2D eigenvalue weighted by atomic mass is 10.0. The molecule has 0 aliphatic rings. The number of hydrogen-bond acceptors (Lipinski definition) is 2. The minimum absolute atomic E-state index is 0.304. The van der Waals surface area contributed by atoms with Crippen LogP contribution in [0, 0.1) is 23.7 Å². The highest BCUT2D eigenvalue weighted by Crippen LogP contribution is 2.13. The van der Waals surface area contributed by atoms with Crippen molar-refractivity contribution in [3.8, 4) is 23.7 Å². The van der Waals surface area contributed by atoms with Crippen LogP contribution in [-0.4, -0.2) is 19.0 Å². The molecule has 0 saturated heterocycles. The van der Waals surface area contributed by atoms with Crippen LogP contribution < -0.4 is 11.1 Å². The summed E-state index contributed by atoms with van der Waals surface area (Å²) in [6.45, 7) is 3.16. The van der Waals surface area contributed by atoms with Crippen molar-refractivity contribution in [2.24, 2.45) is 5.73 Å². The van der Waals surface area contributed by atoms with Crippen molar-refractivity contribution in [1.29, 1.82) is 0 Å². The van der Waals surface area contributed by atoms with E-state index in [1.807, 2.05) is 0 Å². The Morgan fingerprint density at radius 1 is 0.769 bits per heavy atom. The van der Waals surface area contributed by atoms with E-state index < -0.39 is 0 Å². The molecule has 0 unspecified atom stereocenters. The van der Waals surface area contributed by atoms with Crippen LogP contribution in [0.5, 0.6) is 0 Å². The van der Waals surface area contributed by atoms with E-state index in [4.69, 9.17) is 5.73 Å².